The number of aliphatic carboxylic acids is 1. The Morgan fingerprint density at radius 2 is 2.30 bits per heavy atom. The standard InChI is InChI=1S/C14H20N2O4/c1-20-9-7-11(14(18)19)15-13(17)12-6-3-8-16(12)10-4-2-5-10/h3,6,8,10-11H,2,4-5,7,9H2,1H3,(H,15,17)(H,18,19). The van der Waals surface area contributed by atoms with Crippen LogP contribution in [0.15, 0.2) is 18.3 Å². The lowest BCUT2D eigenvalue weighted by Gasteiger charge is -2.29. The molecule has 6 heteroatoms. The van der Waals surface area contributed by atoms with Crippen molar-refractivity contribution in [1.82, 2.24) is 9.88 Å². The fourth-order valence-corrected chi connectivity index (χ4v) is 2.29. The van der Waals surface area contributed by atoms with E-state index in [-0.39, 0.29) is 12.3 Å². The van der Waals surface area contributed by atoms with E-state index in [1.54, 1.807) is 6.07 Å². The first-order chi connectivity index (χ1) is 9.63. The summed E-state index contributed by atoms with van der Waals surface area (Å²) in [5, 5.41) is 11.7. The smallest absolute Gasteiger partial charge is 0.326 e. The Balaban J connectivity index is 2.02. The van der Waals surface area contributed by atoms with Crippen LogP contribution in [0.25, 0.3) is 0 Å². The minimum Gasteiger partial charge on any atom is -0.480 e. The Morgan fingerprint density at radius 1 is 1.55 bits per heavy atom. The van der Waals surface area contributed by atoms with Gasteiger partial charge in [0.2, 0.25) is 0 Å². The number of ether oxygens (including phenoxy) is 1. The van der Waals surface area contributed by atoms with Gasteiger partial charge in [0, 0.05) is 32.4 Å². The molecule has 0 spiro atoms. The molecule has 0 aliphatic heterocycles. The molecule has 1 unspecified atom stereocenters. The summed E-state index contributed by atoms with van der Waals surface area (Å²) < 4.78 is 6.80. The molecule has 110 valence electrons. The van der Waals surface area contributed by atoms with Gasteiger partial charge in [-0.2, -0.15) is 0 Å². The number of carboxylic acids is 1. The maximum atomic E-state index is 12.2. The number of nitrogens with one attached hydrogen (secondary N) is 1. The Hall–Kier alpha value is -1.82. The highest BCUT2D eigenvalue weighted by atomic mass is 16.5. The molecule has 6 nitrogen and oxygen atoms in total. The molecule has 20 heavy (non-hydrogen) atoms. The summed E-state index contributed by atoms with van der Waals surface area (Å²) >= 11 is 0. The molecule has 0 saturated heterocycles. The summed E-state index contributed by atoms with van der Waals surface area (Å²) in [6.07, 6.45) is 5.45. The van der Waals surface area contributed by atoms with Crippen LogP contribution >= 0.6 is 0 Å². The monoisotopic (exact) mass is 280 g/mol. The lowest BCUT2D eigenvalue weighted by Crippen LogP contribution is -2.42. The molecular formula is C14H20N2O4. The second-order valence-electron chi connectivity index (χ2n) is 5.03. The predicted molar refractivity (Wildman–Crippen MR) is 72.7 cm³/mol. The van der Waals surface area contributed by atoms with Gasteiger partial charge in [-0.15, -0.1) is 0 Å². The number of aromatic nitrogens is 1. The molecule has 1 aliphatic rings. The molecule has 2 rings (SSSR count). The van der Waals surface area contributed by atoms with Gasteiger partial charge in [-0.25, -0.2) is 4.79 Å². The SMILES string of the molecule is COCCC(NC(=O)c1cccn1C1CCC1)C(=O)O. The fourth-order valence-electron chi connectivity index (χ4n) is 2.29. The molecule has 1 aromatic heterocycles. The van der Waals surface area contributed by atoms with Crippen molar-refractivity contribution in [2.75, 3.05) is 13.7 Å². The number of hydrogen-bond donors (Lipinski definition) is 2. The van der Waals surface area contributed by atoms with Crippen molar-refractivity contribution in [3.63, 3.8) is 0 Å². The van der Waals surface area contributed by atoms with Gasteiger partial charge >= 0.3 is 5.97 Å². The lowest BCUT2D eigenvalue weighted by molar-refractivity contribution is -0.139. The van der Waals surface area contributed by atoms with E-state index >= 15 is 0 Å². The van der Waals surface area contributed by atoms with Crippen molar-refractivity contribution in [3.8, 4) is 0 Å². The van der Waals surface area contributed by atoms with Gasteiger partial charge in [0.15, 0.2) is 0 Å². The van der Waals surface area contributed by atoms with Crippen LogP contribution in [-0.2, 0) is 9.53 Å². The van der Waals surface area contributed by atoms with Crippen LogP contribution in [0.4, 0.5) is 0 Å². The molecule has 1 amide bonds. The maximum Gasteiger partial charge on any atom is 0.326 e. The molecule has 1 aromatic rings. The molecule has 0 aromatic carbocycles. The van der Waals surface area contributed by atoms with Gasteiger partial charge in [0.05, 0.1) is 0 Å². The van der Waals surface area contributed by atoms with E-state index in [0.29, 0.717) is 18.3 Å². The first-order valence-electron chi connectivity index (χ1n) is 6.83. The number of rotatable bonds is 7. The Morgan fingerprint density at radius 3 is 2.85 bits per heavy atom. The predicted octanol–water partition coefficient (Wildman–Crippen LogP) is 1.43. The molecule has 1 atom stereocenters. The Labute approximate surface area is 117 Å². The van der Waals surface area contributed by atoms with Gasteiger partial charge in [-0.1, -0.05) is 0 Å². The van der Waals surface area contributed by atoms with Crippen LogP contribution < -0.4 is 5.32 Å². The van der Waals surface area contributed by atoms with Crippen molar-refractivity contribution in [3.05, 3.63) is 24.0 Å². The number of carboxylic acid groups (broad SMARTS) is 1. The summed E-state index contributed by atoms with van der Waals surface area (Å²) in [7, 11) is 1.50. The minimum absolute atomic E-state index is 0.252. The number of nitrogens with zero attached hydrogens (tertiary/aromatic N) is 1. The van der Waals surface area contributed by atoms with E-state index in [4.69, 9.17) is 9.84 Å². The van der Waals surface area contributed by atoms with Crippen LogP contribution in [0.2, 0.25) is 0 Å². The normalized spacial score (nSPS) is 16.4. The van der Waals surface area contributed by atoms with Gasteiger partial charge in [-0.05, 0) is 31.4 Å². The highest BCUT2D eigenvalue weighted by Crippen LogP contribution is 2.32. The number of methoxy groups -OCH3 is 1. The first kappa shape index (κ1) is 14.6. The van der Waals surface area contributed by atoms with E-state index in [9.17, 15) is 9.59 Å². The van der Waals surface area contributed by atoms with Gasteiger partial charge in [0.25, 0.3) is 5.91 Å². The maximum absolute atomic E-state index is 12.2. The number of carbonyl (C=O) groups excluding carboxylic acids is 1. The quantitative estimate of drug-likeness (QED) is 0.792. The third-order valence-corrected chi connectivity index (χ3v) is 3.69. The average molecular weight is 280 g/mol. The van der Waals surface area contributed by atoms with Gasteiger partial charge < -0.3 is 19.7 Å². The lowest BCUT2D eigenvalue weighted by atomic mass is 9.93. The second kappa shape index (κ2) is 6.56. The summed E-state index contributed by atoms with van der Waals surface area (Å²) in [5.74, 6) is -1.39. The van der Waals surface area contributed by atoms with Crippen molar-refractivity contribution in [1.29, 1.82) is 0 Å². The second-order valence-corrected chi connectivity index (χ2v) is 5.03. The van der Waals surface area contributed by atoms with E-state index in [2.05, 4.69) is 5.32 Å². The third-order valence-electron chi connectivity index (χ3n) is 3.69. The van der Waals surface area contributed by atoms with Crippen molar-refractivity contribution < 1.29 is 19.4 Å². The molecule has 1 fully saturated rings. The average Bonchev–Trinajstić information content (AvgIpc) is 2.80. The Kier molecular flexibility index (Phi) is 4.79. The molecular weight excluding hydrogens is 260 g/mol. The van der Waals surface area contributed by atoms with Crippen molar-refractivity contribution in [2.45, 2.75) is 37.8 Å². The van der Waals surface area contributed by atoms with Crippen LogP contribution in [0, 0.1) is 0 Å². The van der Waals surface area contributed by atoms with E-state index < -0.39 is 12.0 Å². The van der Waals surface area contributed by atoms with Crippen molar-refractivity contribution >= 4 is 11.9 Å². The van der Waals surface area contributed by atoms with Crippen molar-refractivity contribution in [2.24, 2.45) is 0 Å². The van der Waals surface area contributed by atoms with Crippen LogP contribution in [-0.4, -0.2) is 41.3 Å². The minimum atomic E-state index is -1.04. The summed E-state index contributed by atoms with van der Waals surface area (Å²) in [6.45, 7) is 0.293. The zero-order chi connectivity index (χ0) is 14.5. The summed E-state index contributed by atoms with van der Waals surface area (Å²) in [4.78, 5) is 23.3. The largest absolute Gasteiger partial charge is 0.480 e. The number of hydrogen-bond acceptors (Lipinski definition) is 3. The van der Waals surface area contributed by atoms with Gasteiger partial charge in [-0.3, -0.25) is 4.79 Å². The Bertz CT molecular complexity index is 479. The highest BCUT2D eigenvalue weighted by Gasteiger charge is 2.26. The molecule has 2 N–H and O–H groups in total. The van der Waals surface area contributed by atoms with Crippen LogP contribution in [0.1, 0.15) is 42.2 Å². The van der Waals surface area contributed by atoms with Crippen LogP contribution in [0.5, 0.6) is 0 Å². The summed E-state index contributed by atoms with van der Waals surface area (Å²) in [6, 6.07) is 2.99. The van der Waals surface area contributed by atoms with E-state index in [1.165, 1.54) is 13.5 Å². The topological polar surface area (TPSA) is 80.6 Å². The number of amides is 1. The molecule has 1 heterocycles. The number of carbonyl (C=O) groups is 2. The molecule has 1 saturated carbocycles. The van der Waals surface area contributed by atoms with Gasteiger partial charge in [0.1, 0.15) is 11.7 Å². The zero-order valence-corrected chi connectivity index (χ0v) is 11.5. The van der Waals surface area contributed by atoms with E-state index in [1.807, 2.05) is 16.8 Å². The highest BCUT2D eigenvalue weighted by molar-refractivity contribution is 5.95. The fraction of sp³-hybridized carbons (Fsp3) is 0.571. The summed E-state index contributed by atoms with van der Waals surface area (Å²) in [5.41, 5.74) is 0.526. The van der Waals surface area contributed by atoms with Crippen LogP contribution in [0.3, 0.4) is 0 Å². The molecule has 0 radical (unpaired) electrons. The molecule has 0 bridgehead atoms. The zero-order valence-electron chi connectivity index (χ0n) is 11.5. The third kappa shape index (κ3) is 3.19. The molecule has 1 aliphatic carbocycles. The first-order valence-corrected chi connectivity index (χ1v) is 6.83. The van der Waals surface area contributed by atoms with E-state index in [0.717, 1.165) is 12.8 Å².